The molecule has 0 bridgehead atoms. The molecule has 3 saturated heterocycles. The Balaban J connectivity index is 1.68. The van der Waals surface area contributed by atoms with Crippen molar-refractivity contribution in [1.82, 2.24) is 10.2 Å². The number of ether oxygens (including phenoxy) is 5. The number of hydrogen-bond donors (Lipinski definition) is 3. The van der Waals surface area contributed by atoms with E-state index in [2.05, 4.69) is 24.4 Å². The molecule has 3 heterocycles. The maximum absolute atomic E-state index is 14.2. The number of cyclic esters (lactones) is 1. The second kappa shape index (κ2) is 16.4. The van der Waals surface area contributed by atoms with Crippen LogP contribution >= 0.6 is 0 Å². The average molecular weight is 705 g/mol. The number of esters is 1. The van der Waals surface area contributed by atoms with E-state index in [1.807, 2.05) is 64.9 Å². The second-order valence-corrected chi connectivity index (χ2v) is 16.0. The lowest BCUT2D eigenvalue weighted by Gasteiger charge is -2.47. The summed E-state index contributed by atoms with van der Waals surface area (Å²) in [6, 6.07) is 9.91. The van der Waals surface area contributed by atoms with Crippen LogP contribution in [0.3, 0.4) is 0 Å². The summed E-state index contributed by atoms with van der Waals surface area (Å²) >= 11 is 0. The first-order chi connectivity index (χ1) is 23.4. The van der Waals surface area contributed by atoms with Crippen molar-refractivity contribution in [3.8, 4) is 0 Å². The van der Waals surface area contributed by atoms with Crippen molar-refractivity contribution in [2.45, 2.75) is 147 Å². The largest absolute Gasteiger partial charge is 0.459 e. The van der Waals surface area contributed by atoms with E-state index in [-0.39, 0.29) is 30.0 Å². The number of Topliss-reactive ketones (excluding diaryl/α,β-unsaturated/α-hetero) is 1. The minimum atomic E-state index is -1.45. The number of methoxy groups -OCH3 is 1. The van der Waals surface area contributed by atoms with E-state index in [1.165, 1.54) is 0 Å². The number of carbonyl (C=O) groups is 2. The van der Waals surface area contributed by atoms with Gasteiger partial charge >= 0.3 is 5.97 Å². The molecule has 11 heteroatoms. The maximum Gasteiger partial charge on any atom is 0.316 e. The van der Waals surface area contributed by atoms with Crippen LogP contribution in [-0.2, 0) is 39.8 Å². The fourth-order valence-corrected chi connectivity index (χ4v) is 8.83. The van der Waals surface area contributed by atoms with E-state index < -0.39 is 65.1 Å². The van der Waals surface area contributed by atoms with Crippen LogP contribution in [0.25, 0.3) is 0 Å². The van der Waals surface area contributed by atoms with Gasteiger partial charge in [0.1, 0.15) is 23.7 Å². The van der Waals surface area contributed by atoms with Crippen molar-refractivity contribution in [2.24, 2.45) is 23.7 Å². The minimum Gasteiger partial charge on any atom is -0.459 e. The van der Waals surface area contributed by atoms with Gasteiger partial charge < -0.3 is 44.1 Å². The summed E-state index contributed by atoms with van der Waals surface area (Å²) in [4.78, 5) is 29.9. The number of fused-ring (bicyclic) bond motifs is 1. The van der Waals surface area contributed by atoms with E-state index in [0.29, 0.717) is 38.8 Å². The Morgan fingerprint density at radius 3 is 2.32 bits per heavy atom. The van der Waals surface area contributed by atoms with Gasteiger partial charge in [-0.2, -0.15) is 0 Å². The molecular weight excluding hydrogens is 640 g/mol. The molecule has 1 aromatic carbocycles. The zero-order valence-corrected chi connectivity index (χ0v) is 32.2. The van der Waals surface area contributed by atoms with Gasteiger partial charge in [0.25, 0.3) is 0 Å². The van der Waals surface area contributed by atoms with Gasteiger partial charge in [-0.3, -0.25) is 9.59 Å². The molecule has 3 fully saturated rings. The van der Waals surface area contributed by atoms with Crippen LogP contribution in [0.2, 0.25) is 0 Å². The minimum absolute atomic E-state index is 0.0810. The van der Waals surface area contributed by atoms with Gasteiger partial charge in [0, 0.05) is 31.5 Å². The van der Waals surface area contributed by atoms with Gasteiger partial charge in [-0.15, -0.1) is 0 Å². The highest BCUT2D eigenvalue weighted by molar-refractivity contribution is 6.00. The molecule has 1 aromatic rings. The van der Waals surface area contributed by atoms with Gasteiger partial charge in [0.15, 0.2) is 12.1 Å². The van der Waals surface area contributed by atoms with E-state index in [0.717, 1.165) is 5.56 Å². The molecule has 3 aliphatic heterocycles. The van der Waals surface area contributed by atoms with Gasteiger partial charge in [0.05, 0.1) is 29.5 Å². The number of likely N-dealkylation sites (N-methyl/N-ethyl adjacent to an activating group) is 1. The van der Waals surface area contributed by atoms with Gasteiger partial charge in [0.2, 0.25) is 0 Å². The smallest absolute Gasteiger partial charge is 0.316 e. The molecule has 0 spiro atoms. The first kappa shape index (κ1) is 40.8. The lowest BCUT2D eigenvalue weighted by molar-refractivity contribution is -0.295. The van der Waals surface area contributed by atoms with Crippen LogP contribution < -0.4 is 5.32 Å². The third-order valence-corrected chi connectivity index (χ3v) is 11.9. The van der Waals surface area contributed by atoms with Crippen LogP contribution in [0.5, 0.6) is 0 Å². The molecule has 50 heavy (non-hydrogen) atoms. The highest BCUT2D eigenvalue weighted by atomic mass is 16.7. The summed E-state index contributed by atoms with van der Waals surface area (Å²) in [6.07, 6.45) is -2.21. The van der Waals surface area contributed by atoms with Crippen molar-refractivity contribution in [3.05, 3.63) is 35.9 Å². The number of rotatable bonds is 10. The van der Waals surface area contributed by atoms with E-state index in [9.17, 15) is 19.8 Å². The molecule has 0 aromatic heterocycles. The highest BCUT2D eigenvalue weighted by Crippen LogP contribution is 2.54. The van der Waals surface area contributed by atoms with Gasteiger partial charge in [-0.1, -0.05) is 51.1 Å². The van der Waals surface area contributed by atoms with Crippen LogP contribution in [0, 0.1) is 23.7 Å². The Morgan fingerprint density at radius 1 is 1.06 bits per heavy atom. The summed E-state index contributed by atoms with van der Waals surface area (Å²) in [5.74, 6) is -3.54. The summed E-state index contributed by atoms with van der Waals surface area (Å²) in [6.45, 7) is 16.1. The molecule has 3 N–H and O–H groups in total. The molecule has 284 valence electrons. The molecule has 11 nitrogen and oxygen atoms in total. The van der Waals surface area contributed by atoms with Crippen LogP contribution in [0.15, 0.2) is 30.3 Å². The van der Waals surface area contributed by atoms with Crippen LogP contribution in [-0.4, -0.2) is 114 Å². The lowest BCUT2D eigenvalue weighted by atomic mass is 9.69. The predicted octanol–water partition coefficient (Wildman–Crippen LogP) is 4.11. The lowest BCUT2D eigenvalue weighted by Crippen LogP contribution is -2.59. The molecule has 14 atom stereocenters. The Hall–Kier alpha value is -1.96. The first-order valence-corrected chi connectivity index (χ1v) is 18.5. The van der Waals surface area contributed by atoms with Gasteiger partial charge in [-0.25, -0.2) is 0 Å². The number of carbonyl (C=O) groups excluding carboxylic acids is 2. The molecule has 0 radical (unpaired) electrons. The van der Waals surface area contributed by atoms with Crippen LogP contribution in [0.1, 0.15) is 86.6 Å². The maximum atomic E-state index is 14.2. The predicted molar refractivity (Wildman–Crippen MR) is 190 cm³/mol. The van der Waals surface area contributed by atoms with Crippen molar-refractivity contribution < 1.29 is 43.5 Å². The Bertz CT molecular complexity index is 1280. The Morgan fingerprint density at radius 2 is 1.72 bits per heavy atom. The van der Waals surface area contributed by atoms with Crippen LogP contribution in [0.4, 0.5) is 0 Å². The quantitative estimate of drug-likeness (QED) is 0.140. The monoisotopic (exact) mass is 704 g/mol. The fourth-order valence-electron chi connectivity index (χ4n) is 8.83. The summed E-state index contributed by atoms with van der Waals surface area (Å²) < 4.78 is 31.7. The van der Waals surface area contributed by atoms with E-state index in [4.69, 9.17) is 23.7 Å². The zero-order valence-electron chi connectivity index (χ0n) is 32.2. The topological polar surface area (TPSA) is 139 Å². The molecule has 4 rings (SSSR count). The number of nitrogens with zero attached hydrogens (tertiary/aromatic N) is 1. The van der Waals surface area contributed by atoms with E-state index in [1.54, 1.807) is 27.9 Å². The number of benzene rings is 1. The number of ketones is 1. The summed E-state index contributed by atoms with van der Waals surface area (Å²) in [5, 5.41) is 27.2. The second-order valence-electron chi connectivity index (χ2n) is 16.0. The normalized spacial score (nSPS) is 43.2. The molecule has 0 amide bonds. The third kappa shape index (κ3) is 8.63. The number of epoxide rings is 1. The summed E-state index contributed by atoms with van der Waals surface area (Å²) in [5.41, 5.74) is -2.07. The number of aliphatic hydroxyl groups excluding tert-OH is 1. The van der Waals surface area contributed by atoms with Crippen molar-refractivity contribution in [2.75, 3.05) is 27.7 Å². The number of hydrogen-bond acceptors (Lipinski definition) is 11. The SMILES string of the molecule is CC[C@H]1OC(=O)C(C)C(=O)[C@@H](C)[C@@H](O[C@@H]2O[C@H](C)C[C@H](N(C)C)[C@H]2O)[C@](C)(OC)C[C@@H](C)C2OC2(C)[C@H](CCNCc2ccccc2)[C@]1(C)O. The summed E-state index contributed by atoms with van der Waals surface area (Å²) in [7, 11) is 5.41. The molecule has 0 saturated carbocycles. The molecule has 3 unspecified atom stereocenters. The van der Waals surface area contributed by atoms with Crippen molar-refractivity contribution in [1.29, 1.82) is 0 Å². The zero-order chi connectivity index (χ0) is 37.2. The highest BCUT2D eigenvalue weighted by Gasteiger charge is 2.65. The number of nitrogens with one attached hydrogen (secondary N) is 1. The van der Waals surface area contributed by atoms with E-state index >= 15 is 0 Å². The standard InChI is InChI=1S/C39H64N2O9/c1-12-30-38(7,45)29(18-19-40-22-27-16-14-13-15-17-27)39(8)33(50-39)23(2)21-37(6,46-11)34(25(4)31(42)26(5)35(44)48-30)49-36-32(43)28(41(9)10)20-24(3)47-36/h13-17,23-26,28-30,32-34,36,40,43,45H,12,18-22H2,1-11H3/t23-,24-,25-,26?,28+,29-,30-,32-,33?,34-,36+,37-,38+,39?/m1/s1. The fraction of sp³-hybridized carbons (Fsp3) is 0.795. The molecule has 0 aliphatic carbocycles. The Kier molecular flexibility index (Phi) is 13.4. The molecule has 3 aliphatic rings. The van der Waals surface area contributed by atoms with Gasteiger partial charge in [-0.05, 0) is 92.4 Å². The Labute approximate surface area is 299 Å². The number of aliphatic hydroxyl groups is 2. The van der Waals surface area contributed by atoms with Crippen molar-refractivity contribution in [3.63, 3.8) is 0 Å². The third-order valence-electron chi connectivity index (χ3n) is 11.9. The molecular formula is C39H64N2O9. The first-order valence-electron chi connectivity index (χ1n) is 18.5. The average Bonchev–Trinajstić information content (AvgIpc) is 3.77. The van der Waals surface area contributed by atoms with Crippen molar-refractivity contribution >= 4 is 11.8 Å².